The minimum absolute atomic E-state index is 0.410. The number of aryl methyl sites for hydroxylation is 2. The van der Waals surface area contributed by atoms with Crippen molar-refractivity contribution in [2.24, 2.45) is 0 Å². The summed E-state index contributed by atoms with van der Waals surface area (Å²) in [6.45, 7) is 7.74. The lowest BCUT2D eigenvalue weighted by atomic mass is 9.94. The van der Waals surface area contributed by atoms with Gasteiger partial charge in [0.25, 0.3) is 0 Å². The number of hydrogen-bond acceptors (Lipinski definition) is 3. The van der Waals surface area contributed by atoms with Crippen LogP contribution in [0.2, 0.25) is 5.02 Å². The van der Waals surface area contributed by atoms with Gasteiger partial charge in [-0.25, -0.2) is 0 Å². The Kier molecular flexibility index (Phi) is 4.23. The average Bonchev–Trinajstić information content (AvgIpc) is 2.78. The van der Waals surface area contributed by atoms with Crippen LogP contribution in [0.5, 0.6) is 0 Å². The maximum Gasteiger partial charge on any atom is 0.0851 e. The molecule has 0 spiro atoms. The fourth-order valence-electron chi connectivity index (χ4n) is 3.02. The van der Waals surface area contributed by atoms with Crippen molar-refractivity contribution in [3.05, 3.63) is 16.4 Å². The van der Waals surface area contributed by atoms with Crippen LogP contribution in [0.1, 0.15) is 38.6 Å². The zero-order valence-corrected chi connectivity index (χ0v) is 13.0. The first-order valence-corrected chi connectivity index (χ1v) is 7.44. The smallest absolute Gasteiger partial charge is 0.0851 e. The fraction of sp³-hybridized carbons (Fsp3) is 0.786. The molecule has 2 unspecified atom stereocenters. The summed E-state index contributed by atoms with van der Waals surface area (Å²) in [4.78, 5) is 2.20. The second-order valence-electron chi connectivity index (χ2n) is 5.75. The van der Waals surface area contributed by atoms with Crippen molar-refractivity contribution < 1.29 is 5.11 Å². The van der Waals surface area contributed by atoms with E-state index in [9.17, 15) is 5.11 Å². The van der Waals surface area contributed by atoms with Crippen LogP contribution in [-0.4, -0.2) is 45.0 Å². The zero-order valence-electron chi connectivity index (χ0n) is 12.3. The number of β-amino-alcohol motifs (C(OH)–C–C–N with tert-alkyl or cyclic N) is 1. The minimum atomic E-state index is -0.685. The van der Waals surface area contributed by atoms with E-state index in [1.807, 2.05) is 4.68 Å². The summed E-state index contributed by atoms with van der Waals surface area (Å²) >= 11 is 6.41. The number of hydrogen-bond donors (Lipinski definition) is 1. The molecule has 0 amide bonds. The molecule has 0 aromatic carbocycles. The molecule has 1 N–H and O–H groups in total. The van der Waals surface area contributed by atoms with Crippen LogP contribution in [0.25, 0.3) is 0 Å². The lowest BCUT2D eigenvalue weighted by Gasteiger charge is -2.22. The van der Waals surface area contributed by atoms with Crippen LogP contribution in [-0.2, 0) is 19.4 Å². The second-order valence-corrected chi connectivity index (χ2v) is 6.12. The molecular formula is C14H24ClN3O. The van der Waals surface area contributed by atoms with Crippen LogP contribution in [0.3, 0.4) is 0 Å². The highest BCUT2D eigenvalue weighted by Gasteiger charge is 2.40. The van der Waals surface area contributed by atoms with Crippen LogP contribution in [0.4, 0.5) is 0 Å². The lowest BCUT2D eigenvalue weighted by Crippen LogP contribution is -2.35. The maximum atomic E-state index is 10.8. The molecule has 108 valence electrons. The van der Waals surface area contributed by atoms with Crippen LogP contribution < -0.4 is 0 Å². The van der Waals surface area contributed by atoms with Gasteiger partial charge in [-0.3, -0.25) is 4.68 Å². The Labute approximate surface area is 120 Å². The van der Waals surface area contributed by atoms with Gasteiger partial charge in [-0.2, -0.15) is 5.10 Å². The van der Waals surface area contributed by atoms with E-state index in [-0.39, 0.29) is 0 Å². The number of nitrogens with zero attached hydrogens (tertiary/aromatic N) is 3. The molecule has 1 saturated heterocycles. The highest BCUT2D eigenvalue weighted by atomic mass is 35.5. The summed E-state index contributed by atoms with van der Waals surface area (Å²) in [5.41, 5.74) is 1.23. The normalized spacial score (nSPS) is 28.2. The summed E-state index contributed by atoms with van der Waals surface area (Å²) in [6, 6.07) is 0.410. The van der Waals surface area contributed by atoms with Gasteiger partial charge in [0.05, 0.1) is 22.0 Å². The third-order valence-electron chi connectivity index (χ3n) is 4.16. The lowest BCUT2D eigenvalue weighted by molar-refractivity contribution is 0.0500. The summed E-state index contributed by atoms with van der Waals surface area (Å²) in [5, 5.41) is 16.0. The van der Waals surface area contributed by atoms with Gasteiger partial charge in [0.2, 0.25) is 0 Å². The monoisotopic (exact) mass is 285 g/mol. The Bertz CT molecular complexity index is 448. The van der Waals surface area contributed by atoms with Gasteiger partial charge < -0.3 is 10.0 Å². The molecule has 0 saturated carbocycles. The molecule has 19 heavy (non-hydrogen) atoms. The van der Waals surface area contributed by atoms with Gasteiger partial charge in [0.1, 0.15) is 0 Å². The minimum Gasteiger partial charge on any atom is -0.388 e. The van der Waals surface area contributed by atoms with Crippen molar-refractivity contribution >= 4 is 11.6 Å². The molecule has 2 heterocycles. The first-order valence-electron chi connectivity index (χ1n) is 7.07. The van der Waals surface area contributed by atoms with E-state index in [1.54, 1.807) is 0 Å². The van der Waals surface area contributed by atoms with Gasteiger partial charge in [0.15, 0.2) is 0 Å². The Morgan fingerprint density at radius 1 is 1.47 bits per heavy atom. The summed E-state index contributed by atoms with van der Waals surface area (Å²) < 4.78 is 1.93. The third-order valence-corrected chi connectivity index (χ3v) is 4.60. The Hall–Kier alpha value is -0.580. The van der Waals surface area contributed by atoms with E-state index < -0.39 is 5.60 Å². The van der Waals surface area contributed by atoms with Gasteiger partial charge in [-0.15, -0.1) is 0 Å². The molecule has 1 aromatic heterocycles. The van der Waals surface area contributed by atoms with Gasteiger partial charge in [0, 0.05) is 25.6 Å². The standard InChI is InChI=1S/C14H24ClN3O/c1-5-11-13(15)12(18(6-2)16-11)8-14(19)7-10(3)17(4)9-14/h10,19H,5-9H2,1-4H3. The topological polar surface area (TPSA) is 41.3 Å². The predicted molar refractivity (Wildman–Crippen MR) is 77.7 cm³/mol. The Morgan fingerprint density at radius 3 is 2.63 bits per heavy atom. The first kappa shape index (κ1) is 14.8. The van der Waals surface area contributed by atoms with E-state index in [1.165, 1.54) is 0 Å². The van der Waals surface area contributed by atoms with Crippen molar-refractivity contribution in [3.63, 3.8) is 0 Å². The van der Waals surface area contributed by atoms with E-state index in [0.717, 1.165) is 35.8 Å². The van der Waals surface area contributed by atoms with E-state index in [2.05, 4.69) is 37.8 Å². The molecule has 0 aliphatic carbocycles. The van der Waals surface area contributed by atoms with Crippen LogP contribution >= 0.6 is 11.6 Å². The zero-order chi connectivity index (χ0) is 14.2. The van der Waals surface area contributed by atoms with Crippen molar-refractivity contribution in [2.75, 3.05) is 13.6 Å². The summed E-state index contributed by atoms with van der Waals surface area (Å²) in [7, 11) is 2.05. The molecule has 0 radical (unpaired) electrons. The fourth-order valence-corrected chi connectivity index (χ4v) is 3.35. The molecule has 2 atom stereocenters. The number of likely N-dealkylation sites (N-methyl/N-ethyl adjacent to an activating group) is 1. The average molecular weight is 286 g/mol. The number of aliphatic hydroxyl groups is 1. The molecule has 5 heteroatoms. The highest BCUT2D eigenvalue weighted by molar-refractivity contribution is 6.31. The molecule has 1 aromatic rings. The Balaban J connectivity index is 2.26. The van der Waals surface area contributed by atoms with Gasteiger partial charge >= 0.3 is 0 Å². The molecule has 1 aliphatic rings. The highest BCUT2D eigenvalue weighted by Crippen LogP contribution is 2.32. The molecule has 0 bridgehead atoms. The second kappa shape index (κ2) is 5.43. The number of rotatable bonds is 4. The largest absolute Gasteiger partial charge is 0.388 e. The van der Waals surface area contributed by atoms with Crippen molar-refractivity contribution in [2.45, 2.75) is 58.2 Å². The third kappa shape index (κ3) is 2.81. The predicted octanol–water partition coefficient (Wildman–Crippen LogP) is 2.12. The number of aromatic nitrogens is 2. The Morgan fingerprint density at radius 2 is 2.16 bits per heavy atom. The summed E-state index contributed by atoms with van der Waals surface area (Å²) in [5.74, 6) is 0. The van der Waals surface area contributed by atoms with Gasteiger partial charge in [-0.05, 0) is 33.7 Å². The van der Waals surface area contributed by atoms with Crippen LogP contribution in [0.15, 0.2) is 0 Å². The maximum absolute atomic E-state index is 10.8. The molecule has 1 fully saturated rings. The molecular weight excluding hydrogens is 262 g/mol. The van der Waals surface area contributed by atoms with Crippen molar-refractivity contribution in [1.29, 1.82) is 0 Å². The van der Waals surface area contributed by atoms with E-state index in [0.29, 0.717) is 19.0 Å². The van der Waals surface area contributed by atoms with Crippen molar-refractivity contribution in [1.82, 2.24) is 14.7 Å². The number of likely N-dealkylation sites (tertiary alicyclic amines) is 1. The van der Waals surface area contributed by atoms with Gasteiger partial charge in [-0.1, -0.05) is 18.5 Å². The quantitative estimate of drug-likeness (QED) is 0.921. The molecule has 4 nitrogen and oxygen atoms in total. The van der Waals surface area contributed by atoms with E-state index >= 15 is 0 Å². The van der Waals surface area contributed by atoms with Crippen LogP contribution in [0, 0.1) is 0 Å². The number of halogens is 1. The molecule has 1 aliphatic heterocycles. The summed E-state index contributed by atoms with van der Waals surface area (Å²) in [6.07, 6.45) is 2.20. The molecule has 2 rings (SSSR count). The van der Waals surface area contributed by atoms with E-state index in [4.69, 9.17) is 11.6 Å². The first-order chi connectivity index (χ1) is 8.90. The SMILES string of the molecule is CCc1nn(CC)c(CC2(O)CC(C)N(C)C2)c1Cl. The van der Waals surface area contributed by atoms with Crippen molar-refractivity contribution in [3.8, 4) is 0 Å².